The van der Waals surface area contributed by atoms with Crippen molar-refractivity contribution in [3.05, 3.63) is 0 Å². The van der Waals surface area contributed by atoms with Crippen LogP contribution in [0.3, 0.4) is 0 Å². The highest BCUT2D eigenvalue weighted by atomic mass is 16.4. The Hall–Kier alpha value is -1.59. The molecule has 18 heavy (non-hydrogen) atoms. The third kappa shape index (κ3) is 4.01. The summed E-state index contributed by atoms with van der Waals surface area (Å²) in [6, 6.07) is 0. The quantitative estimate of drug-likeness (QED) is 0.409. The second-order valence-electron chi connectivity index (χ2n) is 4.34. The van der Waals surface area contributed by atoms with Gasteiger partial charge in [-0.3, -0.25) is 14.4 Å². The molecule has 0 aliphatic carbocycles. The van der Waals surface area contributed by atoms with Crippen LogP contribution in [-0.4, -0.2) is 33.2 Å². The van der Waals surface area contributed by atoms with Gasteiger partial charge in [-0.05, 0) is 6.42 Å². The molecular formula is C12H20O6. The molecule has 0 aliphatic heterocycles. The molecule has 0 atom stereocenters. The van der Waals surface area contributed by atoms with Crippen LogP contribution in [0.4, 0.5) is 0 Å². The molecule has 6 heteroatoms. The van der Waals surface area contributed by atoms with E-state index < -0.39 is 23.3 Å². The van der Waals surface area contributed by atoms with Crippen molar-refractivity contribution in [2.45, 2.75) is 51.9 Å². The Morgan fingerprint density at radius 2 is 1.17 bits per heavy atom. The number of aliphatic carboxylic acids is 3. The zero-order valence-corrected chi connectivity index (χ0v) is 10.5. The minimum Gasteiger partial charge on any atom is -0.480 e. The van der Waals surface area contributed by atoms with Crippen LogP contribution in [0.2, 0.25) is 0 Å². The van der Waals surface area contributed by atoms with Crippen molar-refractivity contribution >= 4 is 17.9 Å². The second kappa shape index (κ2) is 7.68. The van der Waals surface area contributed by atoms with Crippen molar-refractivity contribution in [2.75, 3.05) is 0 Å². The number of carbonyl (C=O) groups is 3. The summed E-state index contributed by atoms with van der Waals surface area (Å²) in [4.78, 5) is 32.7. The van der Waals surface area contributed by atoms with Crippen LogP contribution >= 0.6 is 0 Å². The molecule has 0 aliphatic rings. The maximum absolute atomic E-state index is 10.9. The summed E-state index contributed by atoms with van der Waals surface area (Å²) >= 11 is 0. The molecule has 0 aromatic carbocycles. The van der Waals surface area contributed by atoms with E-state index in [-0.39, 0.29) is 12.8 Å². The normalized spacial score (nSPS) is 11.2. The van der Waals surface area contributed by atoms with E-state index in [1.807, 2.05) is 0 Å². The first-order valence-corrected chi connectivity index (χ1v) is 6.09. The topological polar surface area (TPSA) is 112 Å². The number of hydrogen-bond acceptors (Lipinski definition) is 3. The number of carboxylic acids is 3. The molecule has 0 aromatic rings. The molecular weight excluding hydrogens is 240 g/mol. The summed E-state index contributed by atoms with van der Waals surface area (Å²) in [7, 11) is 0. The molecule has 0 rings (SSSR count). The Bertz CT molecular complexity index is 274. The van der Waals surface area contributed by atoms with E-state index >= 15 is 0 Å². The van der Waals surface area contributed by atoms with Crippen LogP contribution < -0.4 is 0 Å². The molecule has 0 amide bonds. The number of rotatable bonds is 10. The third-order valence-corrected chi connectivity index (χ3v) is 3.00. The Morgan fingerprint density at radius 3 is 1.56 bits per heavy atom. The summed E-state index contributed by atoms with van der Waals surface area (Å²) in [5.74, 6) is -5.43. The lowest BCUT2D eigenvalue weighted by atomic mass is 9.82. The van der Waals surface area contributed by atoms with Gasteiger partial charge in [0.05, 0.1) is 0 Å². The van der Waals surface area contributed by atoms with Crippen LogP contribution in [0.15, 0.2) is 0 Å². The van der Waals surface area contributed by atoms with Gasteiger partial charge in [0.15, 0.2) is 0 Å². The van der Waals surface area contributed by atoms with E-state index in [2.05, 4.69) is 6.92 Å². The monoisotopic (exact) mass is 260 g/mol. The molecule has 104 valence electrons. The molecule has 0 heterocycles. The molecule has 0 aromatic heterocycles. The van der Waals surface area contributed by atoms with Crippen LogP contribution in [0, 0.1) is 5.41 Å². The lowest BCUT2D eigenvalue weighted by Gasteiger charge is -2.19. The van der Waals surface area contributed by atoms with Crippen molar-refractivity contribution < 1.29 is 29.7 Å². The number of carboxylic acid groups (broad SMARTS) is 3. The van der Waals surface area contributed by atoms with E-state index in [0.29, 0.717) is 6.42 Å². The maximum Gasteiger partial charge on any atom is 0.332 e. The minimum atomic E-state index is -2.70. The Labute approximate surface area is 106 Å². The van der Waals surface area contributed by atoms with E-state index in [4.69, 9.17) is 15.3 Å². The average Bonchev–Trinajstić information content (AvgIpc) is 2.26. The third-order valence-electron chi connectivity index (χ3n) is 3.00. The molecule has 0 radical (unpaired) electrons. The molecule has 0 fully saturated rings. The van der Waals surface area contributed by atoms with Crippen LogP contribution in [0.25, 0.3) is 0 Å². The van der Waals surface area contributed by atoms with Crippen molar-refractivity contribution in [3.63, 3.8) is 0 Å². The zero-order valence-electron chi connectivity index (χ0n) is 10.5. The van der Waals surface area contributed by atoms with E-state index in [9.17, 15) is 14.4 Å². The highest BCUT2D eigenvalue weighted by Crippen LogP contribution is 2.27. The predicted octanol–water partition coefficient (Wildman–Crippen LogP) is 1.98. The predicted molar refractivity (Wildman–Crippen MR) is 63.3 cm³/mol. The second-order valence-corrected chi connectivity index (χ2v) is 4.34. The van der Waals surface area contributed by atoms with Gasteiger partial charge in [0.1, 0.15) is 0 Å². The summed E-state index contributed by atoms with van der Waals surface area (Å²) in [5, 5.41) is 26.5. The molecule has 0 saturated carbocycles. The van der Waals surface area contributed by atoms with Gasteiger partial charge in [-0.2, -0.15) is 0 Å². The SMILES string of the molecule is CCCCCCCCC(C(=O)O)(C(=O)O)C(=O)O. The molecule has 0 saturated heterocycles. The van der Waals surface area contributed by atoms with Gasteiger partial charge in [-0.1, -0.05) is 45.4 Å². The fraction of sp³-hybridized carbons (Fsp3) is 0.750. The van der Waals surface area contributed by atoms with Gasteiger partial charge in [0.2, 0.25) is 0 Å². The fourth-order valence-corrected chi connectivity index (χ4v) is 1.77. The standard InChI is InChI=1S/C12H20O6/c1-2-3-4-5-6-7-8-12(9(13)14,10(15)16)11(17)18/h2-8H2,1H3,(H,13,14)(H,15,16)(H,17,18). The van der Waals surface area contributed by atoms with Crippen molar-refractivity contribution in [1.29, 1.82) is 0 Å². The molecule has 3 N–H and O–H groups in total. The molecule has 0 bridgehead atoms. The zero-order chi connectivity index (χ0) is 14.2. The van der Waals surface area contributed by atoms with Crippen molar-refractivity contribution in [3.8, 4) is 0 Å². The lowest BCUT2D eigenvalue weighted by molar-refractivity contribution is -0.176. The molecule has 0 unspecified atom stereocenters. The first-order valence-electron chi connectivity index (χ1n) is 6.09. The minimum absolute atomic E-state index is 0.286. The molecule has 0 spiro atoms. The first-order chi connectivity index (χ1) is 8.39. The van der Waals surface area contributed by atoms with Crippen LogP contribution in [0.5, 0.6) is 0 Å². The largest absolute Gasteiger partial charge is 0.480 e. The van der Waals surface area contributed by atoms with Gasteiger partial charge in [-0.15, -0.1) is 0 Å². The van der Waals surface area contributed by atoms with Gasteiger partial charge in [-0.25, -0.2) is 0 Å². The fourth-order valence-electron chi connectivity index (χ4n) is 1.77. The first kappa shape index (κ1) is 16.4. The summed E-state index contributed by atoms with van der Waals surface area (Å²) in [5.41, 5.74) is -2.70. The van der Waals surface area contributed by atoms with Crippen molar-refractivity contribution in [2.24, 2.45) is 5.41 Å². The summed E-state index contributed by atoms with van der Waals surface area (Å²) in [6.07, 6.45) is 4.56. The highest BCUT2D eigenvalue weighted by Gasteiger charge is 2.53. The molecule has 6 nitrogen and oxygen atoms in total. The van der Waals surface area contributed by atoms with Crippen molar-refractivity contribution in [1.82, 2.24) is 0 Å². The smallest absolute Gasteiger partial charge is 0.332 e. The Kier molecular flexibility index (Phi) is 7.00. The average molecular weight is 260 g/mol. The van der Waals surface area contributed by atoms with E-state index in [1.165, 1.54) is 0 Å². The van der Waals surface area contributed by atoms with E-state index in [1.54, 1.807) is 0 Å². The Morgan fingerprint density at radius 1 is 0.778 bits per heavy atom. The highest BCUT2D eigenvalue weighted by molar-refractivity contribution is 6.16. The van der Waals surface area contributed by atoms with Gasteiger partial charge in [0, 0.05) is 0 Å². The van der Waals surface area contributed by atoms with Crippen LogP contribution in [0.1, 0.15) is 51.9 Å². The summed E-state index contributed by atoms with van der Waals surface area (Å²) in [6.45, 7) is 2.06. The summed E-state index contributed by atoms with van der Waals surface area (Å²) < 4.78 is 0. The van der Waals surface area contributed by atoms with Gasteiger partial charge < -0.3 is 15.3 Å². The van der Waals surface area contributed by atoms with E-state index in [0.717, 1.165) is 25.7 Å². The lowest BCUT2D eigenvalue weighted by Crippen LogP contribution is -2.46. The number of hydrogen-bond donors (Lipinski definition) is 3. The van der Waals surface area contributed by atoms with Gasteiger partial charge >= 0.3 is 17.9 Å². The Balaban J connectivity index is 4.40. The maximum atomic E-state index is 10.9. The number of unbranched alkanes of at least 4 members (excludes halogenated alkanes) is 5. The van der Waals surface area contributed by atoms with Crippen LogP contribution in [-0.2, 0) is 14.4 Å². The van der Waals surface area contributed by atoms with Gasteiger partial charge in [0.25, 0.3) is 5.41 Å².